The number of benzene rings is 1. The molecule has 6 heteroatoms. The minimum absolute atomic E-state index is 0.0415. The molecule has 0 bridgehead atoms. The fraction of sp³-hybridized carbons (Fsp3) is 0.500. The second-order valence-corrected chi connectivity index (χ2v) is 5.85. The Kier molecular flexibility index (Phi) is 7.24. The number of carbonyl (C=O) groups is 1. The summed E-state index contributed by atoms with van der Waals surface area (Å²) in [5.74, 6) is 0.419. The zero-order valence-corrected chi connectivity index (χ0v) is 14.0. The smallest absolute Gasteiger partial charge is 0.251 e. The topological polar surface area (TPSA) is 77.0 Å². The Morgan fingerprint density at radius 1 is 1.50 bits per heavy atom. The molecular weight excluding hydrogens is 310 g/mol. The van der Waals surface area contributed by atoms with Gasteiger partial charge in [0.05, 0.1) is 32.0 Å². The SMILES string of the molecule is C=C(C)COc1cccc(C(=O)N[C@@H]2COCC[C@@H]2OCCO)c1. The summed E-state index contributed by atoms with van der Waals surface area (Å²) in [5, 5.41) is 11.8. The molecule has 1 amide bonds. The van der Waals surface area contributed by atoms with Gasteiger partial charge in [0.15, 0.2) is 0 Å². The number of nitrogens with one attached hydrogen (secondary N) is 1. The van der Waals surface area contributed by atoms with Gasteiger partial charge in [-0.1, -0.05) is 12.6 Å². The van der Waals surface area contributed by atoms with Gasteiger partial charge < -0.3 is 24.6 Å². The van der Waals surface area contributed by atoms with Crippen LogP contribution in [-0.4, -0.2) is 56.2 Å². The standard InChI is InChI=1S/C18H25NO5/c1-13(2)11-24-15-5-3-4-14(10-15)18(21)19-16-12-22-8-6-17(16)23-9-7-20/h3-5,10,16-17,20H,1,6-9,11-12H2,2H3,(H,19,21)/t16-,17+/m1/s1. The van der Waals surface area contributed by atoms with Crippen LogP contribution in [0.2, 0.25) is 0 Å². The number of aliphatic hydroxyl groups excluding tert-OH is 1. The van der Waals surface area contributed by atoms with Crippen LogP contribution in [0.25, 0.3) is 0 Å². The van der Waals surface area contributed by atoms with Crippen LogP contribution in [0.1, 0.15) is 23.7 Å². The summed E-state index contributed by atoms with van der Waals surface area (Å²) >= 11 is 0. The molecule has 1 heterocycles. The van der Waals surface area contributed by atoms with Crippen molar-refractivity contribution >= 4 is 5.91 Å². The molecule has 1 aliphatic rings. The zero-order valence-electron chi connectivity index (χ0n) is 14.0. The fourth-order valence-electron chi connectivity index (χ4n) is 2.44. The number of amides is 1. The van der Waals surface area contributed by atoms with Crippen LogP contribution in [0.4, 0.5) is 0 Å². The van der Waals surface area contributed by atoms with Crippen molar-refractivity contribution in [1.29, 1.82) is 0 Å². The molecule has 0 unspecified atom stereocenters. The summed E-state index contributed by atoms with van der Waals surface area (Å²) in [5.41, 5.74) is 1.42. The van der Waals surface area contributed by atoms with Crippen molar-refractivity contribution in [2.75, 3.05) is 33.0 Å². The van der Waals surface area contributed by atoms with Crippen molar-refractivity contribution in [3.8, 4) is 5.75 Å². The van der Waals surface area contributed by atoms with E-state index in [1.807, 2.05) is 6.92 Å². The van der Waals surface area contributed by atoms with Crippen molar-refractivity contribution in [3.05, 3.63) is 42.0 Å². The van der Waals surface area contributed by atoms with E-state index in [0.29, 0.717) is 37.6 Å². The van der Waals surface area contributed by atoms with Gasteiger partial charge in [-0.15, -0.1) is 0 Å². The molecule has 2 N–H and O–H groups in total. The molecule has 2 atom stereocenters. The molecule has 1 saturated heterocycles. The second-order valence-electron chi connectivity index (χ2n) is 5.85. The van der Waals surface area contributed by atoms with Crippen molar-refractivity contribution in [2.24, 2.45) is 0 Å². The molecule has 2 rings (SSSR count). The molecule has 6 nitrogen and oxygen atoms in total. The molecule has 1 aromatic carbocycles. The van der Waals surface area contributed by atoms with E-state index in [9.17, 15) is 4.79 Å². The lowest BCUT2D eigenvalue weighted by Gasteiger charge is -2.32. The maximum atomic E-state index is 12.5. The molecule has 24 heavy (non-hydrogen) atoms. The number of hydrogen-bond donors (Lipinski definition) is 2. The van der Waals surface area contributed by atoms with Gasteiger partial charge in [0.25, 0.3) is 5.91 Å². The van der Waals surface area contributed by atoms with Crippen LogP contribution in [0.3, 0.4) is 0 Å². The van der Waals surface area contributed by atoms with E-state index in [1.54, 1.807) is 24.3 Å². The first-order valence-corrected chi connectivity index (χ1v) is 8.08. The van der Waals surface area contributed by atoms with E-state index >= 15 is 0 Å². The minimum Gasteiger partial charge on any atom is -0.489 e. The Morgan fingerprint density at radius 3 is 3.08 bits per heavy atom. The molecule has 0 saturated carbocycles. The van der Waals surface area contributed by atoms with Gasteiger partial charge >= 0.3 is 0 Å². The Morgan fingerprint density at radius 2 is 2.33 bits per heavy atom. The quantitative estimate of drug-likeness (QED) is 0.705. The van der Waals surface area contributed by atoms with Crippen LogP contribution in [0.15, 0.2) is 36.4 Å². The van der Waals surface area contributed by atoms with Gasteiger partial charge in [0.1, 0.15) is 12.4 Å². The summed E-state index contributed by atoms with van der Waals surface area (Å²) in [7, 11) is 0. The average Bonchev–Trinajstić information content (AvgIpc) is 2.59. The van der Waals surface area contributed by atoms with Gasteiger partial charge in [-0.25, -0.2) is 0 Å². The predicted octanol–water partition coefficient (Wildman–Crippen LogP) is 1.54. The third-order valence-corrected chi connectivity index (χ3v) is 3.61. The third-order valence-electron chi connectivity index (χ3n) is 3.61. The summed E-state index contributed by atoms with van der Waals surface area (Å²) in [4.78, 5) is 12.5. The Balaban J connectivity index is 1.97. The van der Waals surface area contributed by atoms with E-state index in [0.717, 1.165) is 5.57 Å². The molecule has 0 aliphatic carbocycles. The summed E-state index contributed by atoms with van der Waals surface area (Å²) < 4.78 is 16.6. The highest BCUT2D eigenvalue weighted by Gasteiger charge is 2.28. The molecule has 0 spiro atoms. The van der Waals surface area contributed by atoms with Crippen LogP contribution in [-0.2, 0) is 9.47 Å². The predicted molar refractivity (Wildman–Crippen MR) is 90.3 cm³/mol. The lowest BCUT2D eigenvalue weighted by atomic mass is 10.1. The van der Waals surface area contributed by atoms with Crippen molar-refractivity contribution < 1.29 is 24.1 Å². The number of rotatable bonds is 8. The maximum absolute atomic E-state index is 12.5. The second kappa shape index (κ2) is 9.42. The van der Waals surface area contributed by atoms with Crippen LogP contribution in [0, 0.1) is 0 Å². The van der Waals surface area contributed by atoms with E-state index < -0.39 is 0 Å². The Labute approximate surface area is 142 Å². The third kappa shape index (κ3) is 5.63. The van der Waals surface area contributed by atoms with E-state index in [4.69, 9.17) is 19.3 Å². The maximum Gasteiger partial charge on any atom is 0.251 e. The molecule has 0 aromatic heterocycles. The van der Waals surface area contributed by atoms with Crippen LogP contribution >= 0.6 is 0 Å². The first-order valence-electron chi connectivity index (χ1n) is 8.08. The summed E-state index contributed by atoms with van der Waals surface area (Å²) in [6.07, 6.45) is 0.532. The van der Waals surface area contributed by atoms with Crippen LogP contribution < -0.4 is 10.1 Å². The summed E-state index contributed by atoms with van der Waals surface area (Å²) in [6.45, 7) is 7.28. The van der Waals surface area contributed by atoms with Gasteiger partial charge in [0, 0.05) is 12.2 Å². The largest absolute Gasteiger partial charge is 0.489 e. The zero-order chi connectivity index (χ0) is 17.4. The summed E-state index contributed by atoms with van der Waals surface area (Å²) in [6, 6.07) is 6.77. The number of carbonyl (C=O) groups excluding carboxylic acids is 1. The Bertz CT molecular complexity index is 560. The van der Waals surface area contributed by atoms with Crippen molar-refractivity contribution in [3.63, 3.8) is 0 Å². The molecule has 0 radical (unpaired) electrons. The minimum atomic E-state index is -0.238. The van der Waals surface area contributed by atoms with E-state index in [-0.39, 0.29) is 31.3 Å². The van der Waals surface area contributed by atoms with Gasteiger partial charge in [-0.05, 0) is 37.1 Å². The van der Waals surface area contributed by atoms with E-state index in [1.165, 1.54) is 0 Å². The highest BCUT2D eigenvalue weighted by molar-refractivity contribution is 5.94. The van der Waals surface area contributed by atoms with Crippen molar-refractivity contribution in [1.82, 2.24) is 5.32 Å². The normalized spacial score (nSPS) is 20.4. The number of ether oxygens (including phenoxy) is 3. The van der Waals surface area contributed by atoms with Crippen LogP contribution in [0.5, 0.6) is 5.75 Å². The molecule has 1 fully saturated rings. The highest BCUT2D eigenvalue weighted by Crippen LogP contribution is 2.16. The molecular formula is C18H25NO5. The van der Waals surface area contributed by atoms with E-state index in [2.05, 4.69) is 11.9 Å². The lowest BCUT2D eigenvalue weighted by molar-refractivity contribution is -0.0612. The highest BCUT2D eigenvalue weighted by atomic mass is 16.5. The van der Waals surface area contributed by atoms with Gasteiger partial charge in [0.2, 0.25) is 0 Å². The van der Waals surface area contributed by atoms with Crippen molar-refractivity contribution in [2.45, 2.75) is 25.5 Å². The van der Waals surface area contributed by atoms with Gasteiger partial charge in [-0.3, -0.25) is 4.79 Å². The van der Waals surface area contributed by atoms with Gasteiger partial charge in [-0.2, -0.15) is 0 Å². The average molecular weight is 335 g/mol. The lowest BCUT2D eigenvalue weighted by Crippen LogP contribution is -2.50. The molecule has 132 valence electrons. The first kappa shape index (κ1) is 18.4. The number of aliphatic hydroxyl groups is 1. The Hall–Kier alpha value is -1.89. The fourth-order valence-corrected chi connectivity index (χ4v) is 2.44. The first-order chi connectivity index (χ1) is 11.6. The molecule has 1 aliphatic heterocycles. The number of hydrogen-bond acceptors (Lipinski definition) is 5. The molecule has 1 aromatic rings. The monoisotopic (exact) mass is 335 g/mol.